The van der Waals surface area contributed by atoms with Gasteiger partial charge in [-0.25, -0.2) is 9.67 Å². The van der Waals surface area contributed by atoms with Crippen LogP contribution >= 0.6 is 11.3 Å². The van der Waals surface area contributed by atoms with Gasteiger partial charge in [0.05, 0.1) is 6.54 Å². The summed E-state index contributed by atoms with van der Waals surface area (Å²) in [6.45, 7) is 1.69. The van der Waals surface area contributed by atoms with E-state index in [4.69, 9.17) is 0 Å². The highest BCUT2D eigenvalue weighted by Gasteiger charge is 2.20. The van der Waals surface area contributed by atoms with Gasteiger partial charge in [-0.2, -0.15) is 5.10 Å². The van der Waals surface area contributed by atoms with E-state index in [-0.39, 0.29) is 0 Å². The van der Waals surface area contributed by atoms with Crippen molar-refractivity contribution in [3.8, 4) is 0 Å². The van der Waals surface area contributed by atoms with E-state index >= 15 is 0 Å². The van der Waals surface area contributed by atoms with Crippen LogP contribution < -0.4 is 5.32 Å². The Balaban J connectivity index is 1.37. The normalized spacial score (nSPS) is 17.1. The molecule has 1 aliphatic carbocycles. The van der Waals surface area contributed by atoms with Gasteiger partial charge in [0.2, 0.25) is 0 Å². The number of nitrogens with one attached hydrogen (secondary N) is 1. The third kappa shape index (κ3) is 3.35. The molecular formula is C18H20N4S. The van der Waals surface area contributed by atoms with E-state index in [0.29, 0.717) is 6.04 Å². The lowest BCUT2D eigenvalue weighted by Crippen LogP contribution is -2.23. The predicted molar refractivity (Wildman–Crippen MR) is 92.4 cm³/mol. The highest BCUT2D eigenvalue weighted by molar-refractivity contribution is 7.10. The van der Waals surface area contributed by atoms with E-state index in [1.54, 1.807) is 17.5 Å². The molecule has 0 aliphatic heterocycles. The van der Waals surface area contributed by atoms with Gasteiger partial charge in [0, 0.05) is 17.5 Å². The van der Waals surface area contributed by atoms with Crippen molar-refractivity contribution in [2.75, 3.05) is 0 Å². The minimum atomic E-state index is 0.514. The SMILES string of the molecule is c1ncn(Cc2ccc(CNC3CCCc4sccc43)cc2)n1. The van der Waals surface area contributed by atoms with Crippen LogP contribution in [0, 0.1) is 0 Å². The minimum absolute atomic E-state index is 0.514. The molecule has 1 aliphatic rings. The lowest BCUT2D eigenvalue weighted by molar-refractivity contribution is 0.463. The standard InChI is InChI=1S/C18H20N4S/c1-2-17(16-8-9-23-18(16)3-1)20-10-14-4-6-15(7-5-14)11-22-13-19-12-21-22/h4-9,12-13,17,20H,1-3,10-11H2. The van der Waals surface area contributed by atoms with Crippen LogP contribution in [0.15, 0.2) is 48.4 Å². The van der Waals surface area contributed by atoms with Crippen molar-refractivity contribution in [1.29, 1.82) is 0 Å². The topological polar surface area (TPSA) is 42.7 Å². The van der Waals surface area contributed by atoms with Gasteiger partial charge in [0.1, 0.15) is 12.7 Å². The molecule has 1 unspecified atom stereocenters. The number of aromatic nitrogens is 3. The molecular weight excluding hydrogens is 304 g/mol. The maximum atomic E-state index is 4.14. The quantitative estimate of drug-likeness (QED) is 0.780. The van der Waals surface area contributed by atoms with Gasteiger partial charge in [-0.15, -0.1) is 11.3 Å². The van der Waals surface area contributed by atoms with Crippen LogP contribution in [0.3, 0.4) is 0 Å². The van der Waals surface area contributed by atoms with Gasteiger partial charge < -0.3 is 5.32 Å². The lowest BCUT2D eigenvalue weighted by atomic mass is 9.94. The molecule has 1 atom stereocenters. The summed E-state index contributed by atoms with van der Waals surface area (Å²) < 4.78 is 1.84. The number of benzene rings is 1. The van der Waals surface area contributed by atoms with E-state index in [0.717, 1.165) is 13.1 Å². The second kappa shape index (κ2) is 6.64. The third-order valence-corrected chi connectivity index (χ3v) is 5.44. The van der Waals surface area contributed by atoms with E-state index in [2.05, 4.69) is 51.1 Å². The zero-order valence-corrected chi connectivity index (χ0v) is 13.8. The monoisotopic (exact) mass is 324 g/mol. The molecule has 0 amide bonds. The van der Waals surface area contributed by atoms with Gasteiger partial charge in [0.25, 0.3) is 0 Å². The fraction of sp³-hybridized carbons (Fsp3) is 0.333. The average molecular weight is 324 g/mol. The second-order valence-corrected chi connectivity index (χ2v) is 7.04. The first kappa shape index (κ1) is 14.6. The molecule has 1 aromatic carbocycles. The van der Waals surface area contributed by atoms with E-state index in [1.165, 1.54) is 36.0 Å². The Morgan fingerprint density at radius 1 is 1.17 bits per heavy atom. The molecule has 4 nitrogen and oxygen atoms in total. The predicted octanol–water partition coefficient (Wildman–Crippen LogP) is 3.56. The van der Waals surface area contributed by atoms with E-state index in [9.17, 15) is 0 Å². The summed E-state index contributed by atoms with van der Waals surface area (Å²) in [5, 5.41) is 10.1. The molecule has 3 aromatic rings. The number of rotatable bonds is 5. The number of nitrogens with zero attached hydrogens (tertiary/aromatic N) is 3. The molecule has 0 bridgehead atoms. The van der Waals surface area contributed by atoms with Crippen molar-refractivity contribution in [2.45, 2.75) is 38.4 Å². The molecule has 1 N–H and O–H groups in total. The third-order valence-electron chi connectivity index (χ3n) is 4.44. The number of hydrogen-bond donors (Lipinski definition) is 1. The van der Waals surface area contributed by atoms with Crippen LogP contribution in [0.5, 0.6) is 0 Å². The summed E-state index contributed by atoms with van der Waals surface area (Å²) in [7, 11) is 0. The molecule has 2 heterocycles. The molecule has 5 heteroatoms. The first-order valence-corrected chi connectivity index (χ1v) is 8.96. The molecule has 0 saturated heterocycles. The van der Waals surface area contributed by atoms with Gasteiger partial charge in [-0.3, -0.25) is 0 Å². The van der Waals surface area contributed by atoms with E-state index in [1.807, 2.05) is 16.0 Å². The largest absolute Gasteiger partial charge is 0.306 e. The molecule has 0 saturated carbocycles. The van der Waals surface area contributed by atoms with Crippen molar-refractivity contribution in [2.24, 2.45) is 0 Å². The smallest absolute Gasteiger partial charge is 0.137 e. The van der Waals surface area contributed by atoms with Gasteiger partial charge in [0.15, 0.2) is 0 Å². The van der Waals surface area contributed by atoms with Crippen LogP contribution in [0.4, 0.5) is 0 Å². The maximum absolute atomic E-state index is 4.14. The molecule has 0 radical (unpaired) electrons. The van der Waals surface area contributed by atoms with Crippen LogP contribution in [-0.4, -0.2) is 14.8 Å². The van der Waals surface area contributed by atoms with Gasteiger partial charge in [-0.1, -0.05) is 24.3 Å². The van der Waals surface area contributed by atoms with Gasteiger partial charge >= 0.3 is 0 Å². The molecule has 0 fully saturated rings. The van der Waals surface area contributed by atoms with Crippen molar-refractivity contribution in [1.82, 2.24) is 20.1 Å². The van der Waals surface area contributed by atoms with Crippen molar-refractivity contribution in [3.63, 3.8) is 0 Å². The average Bonchev–Trinajstić information content (AvgIpc) is 3.25. The fourth-order valence-electron chi connectivity index (χ4n) is 3.20. The second-order valence-electron chi connectivity index (χ2n) is 6.03. The summed E-state index contributed by atoms with van der Waals surface area (Å²) in [5.74, 6) is 0. The number of fused-ring (bicyclic) bond motifs is 1. The van der Waals surface area contributed by atoms with Crippen molar-refractivity contribution < 1.29 is 0 Å². The maximum Gasteiger partial charge on any atom is 0.137 e. The summed E-state index contributed by atoms with van der Waals surface area (Å²) in [4.78, 5) is 5.54. The van der Waals surface area contributed by atoms with E-state index < -0.39 is 0 Å². The molecule has 118 valence electrons. The van der Waals surface area contributed by atoms with Crippen molar-refractivity contribution >= 4 is 11.3 Å². The summed E-state index contributed by atoms with van der Waals surface area (Å²) >= 11 is 1.90. The first-order valence-electron chi connectivity index (χ1n) is 8.08. The minimum Gasteiger partial charge on any atom is -0.306 e. The molecule has 2 aromatic heterocycles. The molecule has 23 heavy (non-hydrogen) atoms. The van der Waals surface area contributed by atoms with Crippen LogP contribution in [0.1, 0.15) is 40.5 Å². The molecule has 0 spiro atoms. The Morgan fingerprint density at radius 3 is 2.87 bits per heavy atom. The van der Waals surface area contributed by atoms with Crippen LogP contribution in [0.25, 0.3) is 0 Å². The number of aryl methyl sites for hydroxylation is 1. The Bertz CT molecular complexity index is 746. The highest BCUT2D eigenvalue weighted by Crippen LogP contribution is 2.33. The zero-order chi connectivity index (χ0) is 15.5. The number of hydrogen-bond acceptors (Lipinski definition) is 4. The Morgan fingerprint density at radius 2 is 2.04 bits per heavy atom. The summed E-state index contributed by atoms with van der Waals surface area (Å²) in [6.07, 6.45) is 7.11. The number of thiophene rings is 1. The Labute approximate surface area is 140 Å². The zero-order valence-electron chi connectivity index (χ0n) is 13.0. The lowest BCUT2D eigenvalue weighted by Gasteiger charge is -2.24. The highest BCUT2D eigenvalue weighted by atomic mass is 32.1. The van der Waals surface area contributed by atoms with Crippen LogP contribution in [0.2, 0.25) is 0 Å². The van der Waals surface area contributed by atoms with Crippen molar-refractivity contribution in [3.05, 3.63) is 69.9 Å². The Hall–Kier alpha value is -1.98. The Kier molecular flexibility index (Phi) is 4.22. The summed E-state index contributed by atoms with van der Waals surface area (Å²) in [5.41, 5.74) is 4.09. The van der Waals surface area contributed by atoms with Gasteiger partial charge in [-0.05, 0) is 47.4 Å². The van der Waals surface area contributed by atoms with Crippen LogP contribution in [-0.2, 0) is 19.5 Å². The first-order chi connectivity index (χ1) is 11.4. The fourth-order valence-corrected chi connectivity index (χ4v) is 4.19. The summed E-state index contributed by atoms with van der Waals surface area (Å²) in [6, 6.07) is 11.6. The molecule has 4 rings (SSSR count).